The van der Waals surface area contributed by atoms with Crippen LogP contribution in [0.15, 0.2) is 0 Å². The van der Waals surface area contributed by atoms with Crippen molar-refractivity contribution < 1.29 is 9.53 Å². The third kappa shape index (κ3) is 4.50. The van der Waals surface area contributed by atoms with Crippen LogP contribution < -0.4 is 0 Å². The van der Waals surface area contributed by atoms with Gasteiger partial charge in [0.25, 0.3) is 0 Å². The Morgan fingerprint density at radius 1 is 1.50 bits per heavy atom. The smallest absolute Gasteiger partial charge is 0.132 e. The van der Waals surface area contributed by atoms with Crippen molar-refractivity contribution in [3.63, 3.8) is 0 Å². The summed E-state index contributed by atoms with van der Waals surface area (Å²) in [6, 6.07) is 0. The van der Waals surface area contributed by atoms with Gasteiger partial charge in [-0.1, -0.05) is 20.3 Å². The largest absolute Gasteiger partial charge is 0.381 e. The average molecular weight is 172 g/mol. The summed E-state index contributed by atoms with van der Waals surface area (Å²) in [7, 11) is 1.68. The molecule has 2 heteroatoms. The van der Waals surface area contributed by atoms with Gasteiger partial charge in [-0.25, -0.2) is 0 Å². The van der Waals surface area contributed by atoms with Gasteiger partial charge < -0.3 is 4.74 Å². The molecule has 0 aliphatic rings. The van der Waals surface area contributed by atoms with Gasteiger partial charge in [-0.05, 0) is 19.3 Å². The van der Waals surface area contributed by atoms with Crippen LogP contribution in [0.4, 0.5) is 0 Å². The first-order valence-corrected chi connectivity index (χ1v) is 4.64. The van der Waals surface area contributed by atoms with E-state index in [9.17, 15) is 4.79 Å². The van der Waals surface area contributed by atoms with Crippen LogP contribution in [-0.4, -0.2) is 19.0 Å². The highest BCUT2D eigenvalue weighted by Gasteiger charge is 2.17. The second-order valence-electron chi connectivity index (χ2n) is 3.45. The van der Waals surface area contributed by atoms with Gasteiger partial charge in [0.2, 0.25) is 0 Å². The van der Waals surface area contributed by atoms with E-state index < -0.39 is 0 Å². The third-order valence-corrected chi connectivity index (χ3v) is 2.17. The molecule has 2 atom stereocenters. The van der Waals surface area contributed by atoms with E-state index >= 15 is 0 Å². The summed E-state index contributed by atoms with van der Waals surface area (Å²) >= 11 is 0. The number of carbonyl (C=O) groups is 1. The number of ketones is 1. The highest BCUT2D eigenvalue weighted by Crippen LogP contribution is 2.16. The van der Waals surface area contributed by atoms with E-state index in [1.165, 1.54) is 0 Å². The van der Waals surface area contributed by atoms with Crippen molar-refractivity contribution in [3.8, 4) is 0 Å². The maximum atomic E-state index is 10.8. The quantitative estimate of drug-likeness (QED) is 0.615. The number of methoxy groups -OCH3 is 1. The summed E-state index contributed by atoms with van der Waals surface area (Å²) in [5, 5.41) is 0. The van der Waals surface area contributed by atoms with Gasteiger partial charge in [0.05, 0.1) is 6.10 Å². The van der Waals surface area contributed by atoms with Crippen molar-refractivity contribution in [2.24, 2.45) is 5.92 Å². The molecular formula is C10H20O2. The van der Waals surface area contributed by atoms with Crippen molar-refractivity contribution in [1.29, 1.82) is 0 Å². The van der Waals surface area contributed by atoms with E-state index in [4.69, 9.17) is 4.74 Å². The predicted octanol–water partition coefficient (Wildman–Crippen LogP) is 2.42. The maximum absolute atomic E-state index is 10.8. The monoisotopic (exact) mass is 172 g/mol. The molecule has 0 N–H and O–H groups in total. The molecule has 0 bridgehead atoms. The summed E-state index contributed by atoms with van der Waals surface area (Å²) in [5.74, 6) is 0.703. The van der Waals surface area contributed by atoms with Crippen LogP contribution in [0.2, 0.25) is 0 Å². The molecule has 0 amide bonds. The third-order valence-electron chi connectivity index (χ3n) is 2.17. The van der Waals surface area contributed by atoms with Crippen LogP contribution in [0, 0.1) is 5.92 Å². The fraction of sp³-hybridized carbons (Fsp3) is 0.900. The molecule has 0 fully saturated rings. The molecule has 72 valence electrons. The highest BCUT2D eigenvalue weighted by molar-refractivity contribution is 5.76. The fourth-order valence-electron chi connectivity index (χ4n) is 1.44. The molecule has 0 radical (unpaired) electrons. The first-order chi connectivity index (χ1) is 5.61. The van der Waals surface area contributed by atoms with Gasteiger partial charge in [-0.2, -0.15) is 0 Å². The first kappa shape index (κ1) is 11.6. The van der Waals surface area contributed by atoms with Crippen LogP contribution in [0.3, 0.4) is 0 Å². The summed E-state index contributed by atoms with van der Waals surface area (Å²) in [4.78, 5) is 10.8. The van der Waals surface area contributed by atoms with E-state index in [1.807, 2.05) is 0 Å². The van der Waals surface area contributed by atoms with E-state index in [2.05, 4.69) is 13.8 Å². The van der Waals surface area contributed by atoms with Gasteiger partial charge in [-0.3, -0.25) is 4.79 Å². The molecule has 0 aromatic rings. The molecule has 0 heterocycles. The lowest BCUT2D eigenvalue weighted by molar-refractivity contribution is -0.120. The van der Waals surface area contributed by atoms with E-state index in [0.717, 1.165) is 12.8 Å². The predicted molar refractivity (Wildman–Crippen MR) is 50.2 cm³/mol. The van der Waals surface area contributed by atoms with E-state index in [1.54, 1.807) is 14.0 Å². The normalized spacial score (nSPS) is 15.7. The second-order valence-corrected chi connectivity index (χ2v) is 3.45. The number of hydrogen-bond donors (Lipinski definition) is 0. The van der Waals surface area contributed by atoms with Crippen LogP contribution >= 0.6 is 0 Å². The number of carbonyl (C=O) groups excluding carboxylic acids is 1. The van der Waals surface area contributed by atoms with Crippen LogP contribution in [0.25, 0.3) is 0 Å². The Morgan fingerprint density at radius 2 is 2.08 bits per heavy atom. The second kappa shape index (κ2) is 6.18. The fourth-order valence-corrected chi connectivity index (χ4v) is 1.44. The minimum Gasteiger partial charge on any atom is -0.381 e. The maximum Gasteiger partial charge on any atom is 0.132 e. The SMILES string of the molecule is CCCC(C)C(CC(C)=O)OC. The lowest BCUT2D eigenvalue weighted by Gasteiger charge is -2.20. The van der Waals surface area contributed by atoms with Crippen molar-refractivity contribution in [2.45, 2.75) is 46.1 Å². The molecule has 2 nitrogen and oxygen atoms in total. The molecule has 0 aromatic heterocycles. The van der Waals surface area contributed by atoms with Crippen molar-refractivity contribution in [2.75, 3.05) is 7.11 Å². The van der Waals surface area contributed by atoms with Crippen molar-refractivity contribution in [3.05, 3.63) is 0 Å². The zero-order chi connectivity index (χ0) is 9.56. The minimum atomic E-state index is 0.113. The molecule has 0 spiro atoms. The highest BCUT2D eigenvalue weighted by atomic mass is 16.5. The minimum absolute atomic E-state index is 0.113. The van der Waals surface area contributed by atoms with E-state index in [0.29, 0.717) is 12.3 Å². The lowest BCUT2D eigenvalue weighted by atomic mass is 9.96. The Bertz CT molecular complexity index is 132. The van der Waals surface area contributed by atoms with Crippen molar-refractivity contribution >= 4 is 5.78 Å². The van der Waals surface area contributed by atoms with Crippen LogP contribution in [-0.2, 0) is 9.53 Å². The zero-order valence-electron chi connectivity index (χ0n) is 8.59. The summed E-state index contributed by atoms with van der Waals surface area (Å²) in [5.41, 5.74) is 0. The first-order valence-electron chi connectivity index (χ1n) is 4.64. The molecule has 0 saturated heterocycles. The zero-order valence-corrected chi connectivity index (χ0v) is 8.59. The Morgan fingerprint density at radius 3 is 2.42 bits per heavy atom. The Kier molecular flexibility index (Phi) is 5.99. The van der Waals surface area contributed by atoms with Gasteiger partial charge in [0, 0.05) is 13.5 Å². The van der Waals surface area contributed by atoms with Crippen molar-refractivity contribution in [1.82, 2.24) is 0 Å². The number of rotatable bonds is 6. The molecule has 0 aliphatic heterocycles. The molecule has 12 heavy (non-hydrogen) atoms. The standard InChI is InChI=1S/C10H20O2/c1-5-6-8(2)10(12-4)7-9(3)11/h8,10H,5-7H2,1-4H3. The average Bonchev–Trinajstić information content (AvgIpc) is 2.00. The Balaban J connectivity index is 3.86. The molecule has 0 aliphatic carbocycles. The van der Waals surface area contributed by atoms with Gasteiger partial charge in [0.1, 0.15) is 5.78 Å². The molecule has 0 aromatic carbocycles. The summed E-state index contributed by atoms with van der Waals surface area (Å²) < 4.78 is 5.25. The molecule has 2 unspecified atom stereocenters. The Hall–Kier alpha value is -0.370. The number of ether oxygens (including phenoxy) is 1. The summed E-state index contributed by atoms with van der Waals surface area (Å²) in [6.07, 6.45) is 2.95. The Labute approximate surface area is 75.3 Å². The molecule has 0 saturated carbocycles. The lowest BCUT2D eigenvalue weighted by Crippen LogP contribution is -2.22. The summed E-state index contributed by atoms with van der Waals surface area (Å²) in [6.45, 7) is 5.91. The van der Waals surface area contributed by atoms with Gasteiger partial charge in [0.15, 0.2) is 0 Å². The van der Waals surface area contributed by atoms with E-state index in [-0.39, 0.29) is 11.9 Å². The molecular weight excluding hydrogens is 152 g/mol. The van der Waals surface area contributed by atoms with Crippen LogP contribution in [0.1, 0.15) is 40.0 Å². The number of hydrogen-bond acceptors (Lipinski definition) is 2. The molecule has 0 rings (SSSR count). The number of Topliss-reactive ketones (excluding diaryl/α,β-unsaturated/α-hetero) is 1. The van der Waals surface area contributed by atoms with Gasteiger partial charge >= 0.3 is 0 Å². The topological polar surface area (TPSA) is 26.3 Å². The van der Waals surface area contributed by atoms with Crippen LogP contribution in [0.5, 0.6) is 0 Å². The van der Waals surface area contributed by atoms with Gasteiger partial charge in [-0.15, -0.1) is 0 Å².